The molecule has 1 aliphatic heterocycles. The van der Waals surface area contributed by atoms with Crippen LogP contribution in [0.3, 0.4) is 0 Å². The normalized spacial score (nSPS) is 15.8. The fraction of sp³-hybridized carbons (Fsp3) is 0.208. The Balaban J connectivity index is 1.52. The van der Waals surface area contributed by atoms with Crippen LogP contribution in [0.5, 0.6) is 5.75 Å². The van der Waals surface area contributed by atoms with E-state index in [4.69, 9.17) is 21.4 Å². The molecule has 1 unspecified atom stereocenters. The van der Waals surface area contributed by atoms with Gasteiger partial charge in [-0.1, -0.05) is 18.2 Å². The van der Waals surface area contributed by atoms with Crippen LogP contribution in [-0.4, -0.2) is 34.5 Å². The number of ether oxygens (including phenoxy) is 1. The summed E-state index contributed by atoms with van der Waals surface area (Å²) in [4.78, 5) is 29.4. The number of carbonyl (C=O) groups is 2. The van der Waals surface area contributed by atoms with E-state index in [2.05, 4.69) is 5.32 Å². The highest BCUT2D eigenvalue weighted by Gasteiger charge is 2.44. The van der Waals surface area contributed by atoms with Crippen LogP contribution in [0.4, 0.5) is 11.4 Å². The highest BCUT2D eigenvalue weighted by molar-refractivity contribution is 7.80. The highest BCUT2D eigenvalue weighted by Crippen LogP contribution is 2.29. The van der Waals surface area contributed by atoms with Crippen molar-refractivity contribution >= 4 is 40.5 Å². The Hall–Kier alpha value is -3.65. The monoisotopic (exact) mass is 449 g/mol. The topological polar surface area (TPSA) is 75.0 Å². The van der Waals surface area contributed by atoms with E-state index in [0.29, 0.717) is 35.4 Å². The van der Waals surface area contributed by atoms with Gasteiger partial charge in [-0.2, -0.15) is 0 Å². The Bertz CT molecular complexity index is 1080. The summed E-state index contributed by atoms with van der Waals surface area (Å²) in [5, 5.41) is 3.19. The van der Waals surface area contributed by atoms with Gasteiger partial charge in [-0.25, -0.2) is 0 Å². The Morgan fingerprint density at radius 3 is 2.50 bits per heavy atom. The number of nitrogens with one attached hydrogen (secondary N) is 1. The van der Waals surface area contributed by atoms with Crippen molar-refractivity contribution in [1.29, 1.82) is 0 Å². The van der Waals surface area contributed by atoms with Crippen molar-refractivity contribution in [3.05, 3.63) is 78.8 Å². The van der Waals surface area contributed by atoms with Gasteiger partial charge in [-0.3, -0.25) is 14.5 Å². The minimum atomic E-state index is -0.740. The number of nitrogens with zero attached hydrogens (tertiary/aromatic N) is 2. The van der Waals surface area contributed by atoms with E-state index in [9.17, 15) is 9.59 Å². The molecule has 0 spiro atoms. The molecule has 1 atom stereocenters. The zero-order chi connectivity index (χ0) is 22.5. The summed E-state index contributed by atoms with van der Waals surface area (Å²) >= 11 is 5.64. The van der Waals surface area contributed by atoms with Crippen LogP contribution in [0.1, 0.15) is 19.1 Å². The molecule has 0 saturated carbocycles. The number of furan rings is 1. The van der Waals surface area contributed by atoms with Crippen LogP contribution in [0, 0.1) is 0 Å². The molecule has 1 aromatic heterocycles. The van der Waals surface area contributed by atoms with Crippen LogP contribution >= 0.6 is 12.2 Å². The van der Waals surface area contributed by atoms with Crippen molar-refractivity contribution in [2.24, 2.45) is 0 Å². The molecule has 2 heterocycles. The summed E-state index contributed by atoms with van der Waals surface area (Å²) in [6, 6.07) is 19.1. The van der Waals surface area contributed by atoms with E-state index in [0.717, 1.165) is 5.75 Å². The molecule has 1 N–H and O–H groups in total. The zero-order valence-electron chi connectivity index (χ0n) is 17.6. The third kappa shape index (κ3) is 4.65. The molecule has 32 heavy (non-hydrogen) atoms. The lowest BCUT2D eigenvalue weighted by molar-refractivity contribution is -0.124. The SMILES string of the molecule is CCOc1ccc(NC(=O)CC2C(=O)N(c3ccccc3)C(=S)N2Cc2ccco2)cc1. The number of para-hydroxylation sites is 1. The third-order valence-electron chi connectivity index (χ3n) is 5.07. The lowest BCUT2D eigenvalue weighted by Gasteiger charge is -2.22. The summed E-state index contributed by atoms with van der Waals surface area (Å²) in [6.45, 7) is 2.77. The van der Waals surface area contributed by atoms with E-state index < -0.39 is 6.04 Å². The van der Waals surface area contributed by atoms with Crippen molar-refractivity contribution in [3.8, 4) is 5.75 Å². The van der Waals surface area contributed by atoms with E-state index in [-0.39, 0.29) is 18.2 Å². The lowest BCUT2D eigenvalue weighted by atomic mass is 10.1. The standard InChI is InChI=1S/C24H23N3O4S/c1-2-30-19-12-10-17(11-13-19)25-22(28)15-21-23(29)27(18-7-4-3-5-8-18)24(32)26(21)16-20-9-6-14-31-20/h3-14,21H,2,15-16H2,1H3,(H,25,28). The van der Waals surface area contributed by atoms with Crippen LogP contribution in [0.2, 0.25) is 0 Å². The first-order valence-corrected chi connectivity index (χ1v) is 10.7. The highest BCUT2D eigenvalue weighted by atomic mass is 32.1. The van der Waals surface area contributed by atoms with E-state index in [1.807, 2.05) is 43.3 Å². The molecule has 2 amide bonds. The second-order valence-corrected chi connectivity index (χ2v) is 7.59. The van der Waals surface area contributed by atoms with Gasteiger partial charge in [0.2, 0.25) is 5.91 Å². The molecule has 0 aliphatic carbocycles. The van der Waals surface area contributed by atoms with Crippen LogP contribution in [0.25, 0.3) is 0 Å². The van der Waals surface area contributed by atoms with Crippen molar-refractivity contribution < 1.29 is 18.7 Å². The zero-order valence-corrected chi connectivity index (χ0v) is 18.4. The molecule has 3 aromatic rings. The van der Waals surface area contributed by atoms with Crippen LogP contribution in [0.15, 0.2) is 77.4 Å². The molecule has 4 rings (SSSR count). The van der Waals surface area contributed by atoms with Gasteiger partial charge in [0.25, 0.3) is 5.91 Å². The van der Waals surface area contributed by atoms with Crippen molar-refractivity contribution in [1.82, 2.24) is 4.90 Å². The molecule has 0 bridgehead atoms. The molecule has 8 heteroatoms. The minimum absolute atomic E-state index is 0.0454. The predicted octanol–water partition coefficient (Wildman–Crippen LogP) is 4.21. The summed E-state index contributed by atoms with van der Waals surface area (Å²) in [7, 11) is 0. The maximum atomic E-state index is 13.3. The van der Waals surface area contributed by atoms with E-state index in [1.54, 1.807) is 41.5 Å². The molecule has 164 valence electrons. The maximum absolute atomic E-state index is 13.3. The summed E-state index contributed by atoms with van der Waals surface area (Å²) in [5.74, 6) is 0.862. The quantitative estimate of drug-likeness (QED) is 0.520. The number of rotatable bonds is 8. The molecule has 2 aromatic carbocycles. The van der Waals surface area contributed by atoms with Crippen LogP contribution < -0.4 is 15.0 Å². The first-order chi connectivity index (χ1) is 15.6. The summed E-state index contributed by atoms with van der Waals surface area (Å²) < 4.78 is 10.9. The lowest BCUT2D eigenvalue weighted by Crippen LogP contribution is -2.37. The van der Waals surface area contributed by atoms with Gasteiger partial charge in [0.15, 0.2) is 5.11 Å². The number of hydrogen-bond acceptors (Lipinski definition) is 5. The Kier molecular flexibility index (Phi) is 6.51. The molecule has 0 radical (unpaired) electrons. The second kappa shape index (κ2) is 9.65. The molecule has 7 nitrogen and oxygen atoms in total. The summed E-state index contributed by atoms with van der Waals surface area (Å²) in [6.07, 6.45) is 1.52. The smallest absolute Gasteiger partial charge is 0.256 e. The maximum Gasteiger partial charge on any atom is 0.256 e. The minimum Gasteiger partial charge on any atom is -0.494 e. The molecule has 1 aliphatic rings. The Labute approximate surface area is 191 Å². The van der Waals surface area contributed by atoms with E-state index in [1.165, 1.54) is 4.90 Å². The first kappa shape index (κ1) is 21.6. The average molecular weight is 450 g/mol. The van der Waals surface area contributed by atoms with Crippen molar-refractivity contribution in [2.75, 3.05) is 16.8 Å². The predicted molar refractivity (Wildman–Crippen MR) is 125 cm³/mol. The fourth-order valence-electron chi connectivity index (χ4n) is 3.59. The van der Waals surface area contributed by atoms with Gasteiger partial charge in [-0.05, 0) is 67.7 Å². The number of hydrogen-bond donors (Lipinski definition) is 1. The fourth-order valence-corrected chi connectivity index (χ4v) is 3.97. The first-order valence-electron chi connectivity index (χ1n) is 10.3. The molecule has 1 fully saturated rings. The average Bonchev–Trinajstić information content (AvgIpc) is 3.38. The van der Waals surface area contributed by atoms with Crippen molar-refractivity contribution in [3.63, 3.8) is 0 Å². The van der Waals surface area contributed by atoms with Gasteiger partial charge < -0.3 is 19.4 Å². The van der Waals surface area contributed by atoms with Crippen molar-refractivity contribution in [2.45, 2.75) is 25.9 Å². The molecular weight excluding hydrogens is 426 g/mol. The largest absolute Gasteiger partial charge is 0.494 e. The van der Waals surface area contributed by atoms with Gasteiger partial charge >= 0.3 is 0 Å². The number of anilines is 2. The number of carbonyl (C=O) groups excluding carboxylic acids is 2. The number of benzene rings is 2. The Morgan fingerprint density at radius 1 is 1.09 bits per heavy atom. The number of amides is 2. The summed E-state index contributed by atoms with van der Waals surface area (Å²) in [5.41, 5.74) is 1.30. The van der Waals surface area contributed by atoms with Gasteiger partial charge in [-0.15, -0.1) is 0 Å². The second-order valence-electron chi connectivity index (χ2n) is 7.22. The van der Waals surface area contributed by atoms with Crippen LogP contribution in [-0.2, 0) is 16.1 Å². The Morgan fingerprint density at radius 2 is 1.84 bits per heavy atom. The van der Waals surface area contributed by atoms with E-state index >= 15 is 0 Å². The van der Waals surface area contributed by atoms with Gasteiger partial charge in [0, 0.05) is 5.69 Å². The van der Waals surface area contributed by atoms with Gasteiger partial charge in [0.05, 0.1) is 31.5 Å². The third-order valence-corrected chi connectivity index (χ3v) is 5.48. The number of thiocarbonyl (C=S) groups is 1. The van der Waals surface area contributed by atoms with Gasteiger partial charge in [0.1, 0.15) is 17.6 Å². The molecular formula is C24H23N3O4S. The molecule has 1 saturated heterocycles.